The highest BCUT2D eigenvalue weighted by Crippen LogP contribution is 2.36. The minimum Gasteiger partial charge on any atom is -0.393 e. The van der Waals surface area contributed by atoms with Crippen LogP contribution in [0.25, 0.3) is 0 Å². The molecule has 0 aromatic carbocycles. The van der Waals surface area contributed by atoms with E-state index in [-0.39, 0.29) is 0 Å². The van der Waals surface area contributed by atoms with Crippen molar-refractivity contribution in [3.63, 3.8) is 0 Å². The molecule has 1 aliphatic heterocycles. The van der Waals surface area contributed by atoms with Gasteiger partial charge in [-0.15, -0.1) is 0 Å². The number of fused-ring (bicyclic) bond motifs is 1. The second-order valence-electron chi connectivity index (χ2n) is 5.36. The number of unbranched alkanes of at least 4 members (excludes halogenated alkanes) is 1. The van der Waals surface area contributed by atoms with Crippen molar-refractivity contribution in [2.24, 2.45) is 11.7 Å². The molecule has 0 amide bonds. The number of thiocarbonyl (C=S) groups is 1. The van der Waals surface area contributed by atoms with E-state index in [0.29, 0.717) is 4.99 Å². The summed E-state index contributed by atoms with van der Waals surface area (Å²) >= 11 is 4.90. The molecule has 0 radical (unpaired) electrons. The van der Waals surface area contributed by atoms with Crippen LogP contribution in [0.5, 0.6) is 0 Å². The maximum Gasteiger partial charge on any atom is 0.0727 e. The minimum absolute atomic E-state index is 0.678. The second kappa shape index (κ2) is 5.97. The fourth-order valence-electron chi connectivity index (χ4n) is 3.45. The predicted octanol–water partition coefficient (Wildman–Crippen LogP) is 2.71. The van der Waals surface area contributed by atoms with Crippen LogP contribution in [-0.2, 0) is 0 Å². The van der Waals surface area contributed by atoms with Gasteiger partial charge in [0.25, 0.3) is 0 Å². The van der Waals surface area contributed by atoms with Gasteiger partial charge in [-0.2, -0.15) is 0 Å². The van der Waals surface area contributed by atoms with Gasteiger partial charge in [-0.05, 0) is 64.0 Å². The lowest BCUT2D eigenvalue weighted by atomic mass is 9.92. The van der Waals surface area contributed by atoms with Crippen molar-refractivity contribution in [3.8, 4) is 0 Å². The third-order valence-electron chi connectivity index (χ3n) is 4.23. The molecule has 0 bridgehead atoms. The van der Waals surface area contributed by atoms with E-state index in [4.69, 9.17) is 18.0 Å². The average Bonchev–Trinajstić information content (AvgIpc) is 2.72. The first-order valence-electron chi connectivity index (χ1n) is 6.80. The van der Waals surface area contributed by atoms with E-state index in [2.05, 4.69) is 4.90 Å². The van der Waals surface area contributed by atoms with Gasteiger partial charge in [-0.25, -0.2) is 0 Å². The number of nitrogens with two attached hydrogens (primary N) is 1. The molecule has 2 unspecified atom stereocenters. The highest BCUT2D eigenvalue weighted by Gasteiger charge is 2.34. The van der Waals surface area contributed by atoms with Gasteiger partial charge in [0.1, 0.15) is 0 Å². The molecule has 2 atom stereocenters. The first kappa shape index (κ1) is 12.3. The smallest absolute Gasteiger partial charge is 0.0727 e. The number of likely N-dealkylation sites (tertiary alicyclic amines) is 1. The molecule has 1 saturated heterocycles. The van der Waals surface area contributed by atoms with Crippen LogP contribution in [0, 0.1) is 5.92 Å². The summed E-state index contributed by atoms with van der Waals surface area (Å²) in [6.45, 7) is 2.60. The van der Waals surface area contributed by atoms with E-state index in [1.165, 1.54) is 58.0 Å². The van der Waals surface area contributed by atoms with Gasteiger partial charge >= 0.3 is 0 Å². The SMILES string of the molecule is NC(=S)CCCCN1CCCC2CCCC21. The third kappa shape index (κ3) is 3.17. The van der Waals surface area contributed by atoms with E-state index >= 15 is 0 Å². The molecule has 1 heterocycles. The molecule has 2 fully saturated rings. The van der Waals surface area contributed by atoms with Gasteiger partial charge in [-0.3, -0.25) is 0 Å². The Bertz CT molecular complexity index is 242. The lowest BCUT2D eigenvalue weighted by Crippen LogP contribution is -2.42. The minimum atomic E-state index is 0.678. The summed E-state index contributed by atoms with van der Waals surface area (Å²) in [5.74, 6) is 1.02. The Morgan fingerprint density at radius 3 is 2.81 bits per heavy atom. The molecule has 2 aliphatic rings. The molecular formula is C13H24N2S. The van der Waals surface area contributed by atoms with Crippen LogP contribution in [0.4, 0.5) is 0 Å². The lowest BCUT2D eigenvalue weighted by Gasteiger charge is -2.37. The molecule has 2 nitrogen and oxygen atoms in total. The summed E-state index contributed by atoms with van der Waals surface area (Å²) in [6.07, 6.45) is 10.6. The van der Waals surface area contributed by atoms with Gasteiger partial charge < -0.3 is 10.6 Å². The van der Waals surface area contributed by atoms with Crippen LogP contribution in [-0.4, -0.2) is 29.0 Å². The molecular weight excluding hydrogens is 216 g/mol. The molecule has 1 saturated carbocycles. The molecule has 2 N–H and O–H groups in total. The highest BCUT2D eigenvalue weighted by atomic mass is 32.1. The zero-order valence-electron chi connectivity index (χ0n) is 10.2. The molecule has 2 rings (SSSR count). The molecule has 0 aromatic heterocycles. The van der Waals surface area contributed by atoms with Gasteiger partial charge in [0.05, 0.1) is 4.99 Å². The van der Waals surface area contributed by atoms with Crippen molar-refractivity contribution in [2.75, 3.05) is 13.1 Å². The van der Waals surface area contributed by atoms with Crippen LogP contribution in [0.2, 0.25) is 0 Å². The van der Waals surface area contributed by atoms with E-state index < -0.39 is 0 Å². The van der Waals surface area contributed by atoms with Crippen LogP contribution < -0.4 is 5.73 Å². The van der Waals surface area contributed by atoms with Gasteiger partial charge in [0, 0.05) is 6.04 Å². The van der Waals surface area contributed by atoms with Gasteiger partial charge in [0.2, 0.25) is 0 Å². The van der Waals surface area contributed by atoms with Crippen molar-refractivity contribution in [3.05, 3.63) is 0 Å². The van der Waals surface area contributed by atoms with Crippen molar-refractivity contribution in [2.45, 2.75) is 57.4 Å². The molecule has 92 valence electrons. The quantitative estimate of drug-likeness (QED) is 0.592. The van der Waals surface area contributed by atoms with Gasteiger partial charge in [-0.1, -0.05) is 18.6 Å². The third-order valence-corrected chi connectivity index (χ3v) is 4.43. The van der Waals surface area contributed by atoms with Crippen molar-refractivity contribution in [1.82, 2.24) is 4.90 Å². The Balaban J connectivity index is 1.69. The first-order chi connectivity index (χ1) is 7.77. The van der Waals surface area contributed by atoms with Crippen molar-refractivity contribution in [1.29, 1.82) is 0 Å². The lowest BCUT2D eigenvalue weighted by molar-refractivity contribution is 0.111. The largest absolute Gasteiger partial charge is 0.393 e. The molecule has 0 aromatic rings. The summed E-state index contributed by atoms with van der Waals surface area (Å²) in [5, 5.41) is 0. The molecule has 1 aliphatic carbocycles. The Morgan fingerprint density at radius 2 is 2.00 bits per heavy atom. The molecule has 0 spiro atoms. The number of nitrogens with zero attached hydrogens (tertiary/aromatic N) is 1. The maximum atomic E-state index is 5.52. The number of rotatable bonds is 5. The standard InChI is InChI=1S/C13H24N2S/c14-13(16)8-1-2-9-15-10-4-6-11-5-3-7-12(11)15/h11-12H,1-10H2,(H2,14,16). The normalized spacial score (nSPS) is 30.2. The first-order valence-corrected chi connectivity index (χ1v) is 7.20. The number of hydrogen-bond acceptors (Lipinski definition) is 2. The van der Waals surface area contributed by atoms with E-state index in [1.807, 2.05) is 0 Å². The van der Waals surface area contributed by atoms with Crippen LogP contribution in [0.15, 0.2) is 0 Å². The van der Waals surface area contributed by atoms with E-state index in [9.17, 15) is 0 Å². The highest BCUT2D eigenvalue weighted by molar-refractivity contribution is 7.80. The Hall–Kier alpha value is -0.150. The maximum absolute atomic E-state index is 5.52. The monoisotopic (exact) mass is 240 g/mol. The van der Waals surface area contributed by atoms with E-state index in [1.54, 1.807) is 0 Å². The number of piperidine rings is 1. The molecule has 3 heteroatoms. The summed E-state index contributed by atoms with van der Waals surface area (Å²) in [5.41, 5.74) is 5.52. The van der Waals surface area contributed by atoms with E-state index in [0.717, 1.165) is 18.4 Å². The van der Waals surface area contributed by atoms with Crippen molar-refractivity contribution < 1.29 is 0 Å². The van der Waals surface area contributed by atoms with Crippen LogP contribution in [0.3, 0.4) is 0 Å². The zero-order chi connectivity index (χ0) is 11.4. The average molecular weight is 240 g/mol. The summed E-state index contributed by atoms with van der Waals surface area (Å²) in [6, 6.07) is 0.915. The Kier molecular flexibility index (Phi) is 4.59. The van der Waals surface area contributed by atoms with Crippen LogP contribution in [0.1, 0.15) is 51.4 Å². The zero-order valence-corrected chi connectivity index (χ0v) is 11.0. The fraction of sp³-hybridized carbons (Fsp3) is 0.923. The summed E-state index contributed by atoms with van der Waals surface area (Å²) < 4.78 is 0. The Morgan fingerprint density at radius 1 is 1.19 bits per heavy atom. The number of hydrogen-bond donors (Lipinski definition) is 1. The van der Waals surface area contributed by atoms with Gasteiger partial charge in [0.15, 0.2) is 0 Å². The van der Waals surface area contributed by atoms with Crippen molar-refractivity contribution >= 4 is 17.2 Å². The summed E-state index contributed by atoms with van der Waals surface area (Å²) in [7, 11) is 0. The molecule has 16 heavy (non-hydrogen) atoms. The predicted molar refractivity (Wildman–Crippen MR) is 72.6 cm³/mol. The Labute approximate surface area is 105 Å². The van der Waals surface area contributed by atoms with Crippen LogP contribution >= 0.6 is 12.2 Å². The fourth-order valence-corrected chi connectivity index (χ4v) is 3.59. The summed E-state index contributed by atoms with van der Waals surface area (Å²) in [4.78, 5) is 3.41. The topological polar surface area (TPSA) is 29.3 Å². The second-order valence-corrected chi connectivity index (χ2v) is 5.88.